The van der Waals surface area contributed by atoms with Gasteiger partial charge in [-0.1, -0.05) is 39.0 Å². The van der Waals surface area contributed by atoms with Crippen molar-refractivity contribution in [2.45, 2.75) is 59.6 Å². The van der Waals surface area contributed by atoms with Crippen LogP contribution < -0.4 is 5.32 Å². The SMILES string of the molecule is CCc1nc2ccccc2c(C(=O)O[C@@H](C)C(=O)N[C@@](C)(C#N)C(C)C)c1C. The van der Waals surface area contributed by atoms with Crippen molar-refractivity contribution in [2.75, 3.05) is 0 Å². The van der Waals surface area contributed by atoms with Crippen molar-refractivity contribution in [3.8, 4) is 6.07 Å². The predicted octanol–water partition coefficient (Wildman–Crippen LogP) is 3.71. The number of amides is 1. The first-order chi connectivity index (χ1) is 13.1. The Hall–Kier alpha value is -2.94. The molecule has 1 amide bonds. The Morgan fingerprint density at radius 3 is 2.50 bits per heavy atom. The third kappa shape index (κ3) is 4.14. The Labute approximate surface area is 165 Å². The molecule has 2 aromatic rings. The molecule has 0 spiro atoms. The van der Waals surface area contributed by atoms with E-state index >= 15 is 0 Å². The number of nitrogens with one attached hydrogen (secondary N) is 1. The minimum Gasteiger partial charge on any atom is -0.449 e. The molecule has 28 heavy (non-hydrogen) atoms. The van der Waals surface area contributed by atoms with Gasteiger partial charge in [0.25, 0.3) is 5.91 Å². The standard InChI is InChI=1S/C22H27N3O3/c1-7-17-14(4)19(16-10-8-9-11-18(16)24-17)21(27)28-15(5)20(26)25-22(6,12-23)13(2)3/h8-11,13,15H,7H2,1-6H3,(H,25,26)/t15-,22-/m0/s1. The summed E-state index contributed by atoms with van der Waals surface area (Å²) in [6, 6.07) is 9.49. The van der Waals surface area contributed by atoms with E-state index in [4.69, 9.17) is 4.74 Å². The zero-order chi connectivity index (χ0) is 21.1. The fourth-order valence-corrected chi connectivity index (χ4v) is 2.90. The number of aromatic nitrogens is 1. The van der Waals surface area contributed by atoms with Gasteiger partial charge >= 0.3 is 5.97 Å². The van der Waals surface area contributed by atoms with Gasteiger partial charge in [0.05, 0.1) is 17.1 Å². The molecule has 6 nitrogen and oxygen atoms in total. The Morgan fingerprint density at radius 1 is 1.29 bits per heavy atom. The number of nitrogens with zero attached hydrogens (tertiary/aromatic N) is 2. The van der Waals surface area contributed by atoms with Crippen LogP contribution in [0.3, 0.4) is 0 Å². The van der Waals surface area contributed by atoms with Crippen molar-refractivity contribution in [3.63, 3.8) is 0 Å². The van der Waals surface area contributed by atoms with Gasteiger partial charge in [-0.2, -0.15) is 5.26 Å². The number of para-hydroxylation sites is 1. The molecule has 1 aromatic carbocycles. The summed E-state index contributed by atoms with van der Waals surface area (Å²) in [5, 5.41) is 12.8. The van der Waals surface area contributed by atoms with E-state index in [2.05, 4.69) is 16.4 Å². The summed E-state index contributed by atoms with van der Waals surface area (Å²) >= 11 is 0. The van der Waals surface area contributed by atoms with Crippen LogP contribution in [-0.2, 0) is 16.0 Å². The van der Waals surface area contributed by atoms with Crippen LogP contribution in [0.1, 0.15) is 56.2 Å². The summed E-state index contributed by atoms with van der Waals surface area (Å²) in [6.07, 6.45) is -0.350. The lowest BCUT2D eigenvalue weighted by Crippen LogP contribution is -2.52. The first kappa shape index (κ1) is 21.4. The predicted molar refractivity (Wildman–Crippen MR) is 108 cm³/mol. The molecule has 0 aliphatic carbocycles. The molecule has 2 atom stereocenters. The number of nitriles is 1. The van der Waals surface area contributed by atoms with Crippen LogP contribution in [0.4, 0.5) is 0 Å². The van der Waals surface area contributed by atoms with E-state index < -0.39 is 23.5 Å². The smallest absolute Gasteiger partial charge is 0.339 e. The van der Waals surface area contributed by atoms with Gasteiger partial charge in [-0.3, -0.25) is 9.78 Å². The molecule has 1 aromatic heterocycles. The molecule has 0 saturated heterocycles. The van der Waals surface area contributed by atoms with E-state index in [0.717, 1.165) is 11.3 Å². The molecule has 0 saturated carbocycles. The first-order valence-electron chi connectivity index (χ1n) is 9.47. The molecule has 1 heterocycles. The molecule has 0 aliphatic rings. The second-order valence-electron chi connectivity index (χ2n) is 7.43. The molecular formula is C22H27N3O3. The number of carbonyl (C=O) groups is 2. The average molecular weight is 381 g/mol. The average Bonchev–Trinajstić information content (AvgIpc) is 2.66. The van der Waals surface area contributed by atoms with E-state index in [-0.39, 0.29) is 5.92 Å². The summed E-state index contributed by atoms with van der Waals surface area (Å²) < 4.78 is 5.47. The number of rotatable bonds is 6. The van der Waals surface area contributed by atoms with Crippen LogP contribution in [0.5, 0.6) is 0 Å². The first-order valence-corrected chi connectivity index (χ1v) is 9.47. The van der Waals surface area contributed by atoms with Crippen molar-refractivity contribution in [1.82, 2.24) is 10.3 Å². The highest BCUT2D eigenvalue weighted by Gasteiger charge is 2.33. The number of aryl methyl sites for hydroxylation is 1. The van der Waals surface area contributed by atoms with Gasteiger partial charge in [0, 0.05) is 11.1 Å². The largest absolute Gasteiger partial charge is 0.449 e. The highest BCUT2D eigenvalue weighted by Crippen LogP contribution is 2.25. The monoisotopic (exact) mass is 381 g/mol. The number of esters is 1. The van der Waals surface area contributed by atoms with Crippen LogP contribution >= 0.6 is 0 Å². The Balaban J connectivity index is 2.31. The zero-order valence-electron chi connectivity index (χ0n) is 17.3. The summed E-state index contributed by atoms with van der Waals surface area (Å²) in [5.74, 6) is -1.17. The van der Waals surface area contributed by atoms with Crippen LogP contribution in [0, 0.1) is 24.2 Å². The summed E-state index contributed by atoms with van der Waals surface area (Å²) in [7, 11) is 0. The third-order valence-electron chi connectivity index (χ3n) is 5.20. The Bertz CT molecular complexity index is 946. The van der Waals surface area contributed by atoms with Gasteiger partial charge in [0.1, 0.15) is 5.54 Å². The summed E-state index contributed by atoms with van der Waals surface area (Å²) in [4.78, 5) is 30.1. The molecule has 0 unspecified atom stereocenters. The van der Waals surface area contributed by atoms with Crippen LogP contribution in [-0.4, -0.2) is 28.5 Å². The molecule has 0 fully saturated rings. The minimum absolute atomic E-state index is 0.0946. The maximum Gasteiger partial charge on any atom is 0.339 e. The van der Waals surface area contributed by atoms with Crippen molar-refractivity contribution in [2.24, 2.45) is 5.92 Å². The number of pyridine rings is 1. The minimum atomic E-state index is -1.04. The summed E-state index contributed by atoms with van der Waals surface area (Å²) in [6.45, 7) is 10.7. The molecule has 0 aliphatic heterocycles. The normalized spacial score (nSPS) is 14.2. The molecule has 2 rings (SSSR count). The molecule has 6 heteroatoms. The van der Waals surface area contributed by atoms with E-state index in [1.165, 1.54) is 6.92 Å². The zero-order valence-corrected chi connectivity index (χ0v) is 17.3. The van der Waals surface area contributed by atoms with Crippen LogP contribution in [0.15, 0.2) is 24.3 Å². The summed E-state index contributed by atoms with van der Waals surface area (Å²) in [5.41, 5.74) is 1.68. The Morgan fingerprint density at radius 2 is 1.93 bits per heavy atom. The second kappa shape index (κ2) is 8.39. The van der Waals surface area contributed by atoms with Gasteiger partial charge in [-0.05, 0) is 44.7 Å². The number of fused-ring (bicyclic) bond motifs is 1. The van der Waals surface area contributed by atoms with Crippen LogP contribution in [0.2, 0.25) is 0 Å². The van der Waals surface area contributed by atoms with Gasteiger partial charge in [-0.25, -0.2) is 4.79 Å². The third-order valence-corrected chi connectivity index (χ3v) is 5.20. The van der Waals surface area contributed by atoms with Gasteiger partial charge < -0.3 is 10.1 Å². The number of ether oxygens (including phenoxy) is 1. The van der Waals surface area contributed by atoms with Crippen molar-refractivity contribution >= 4 is 22.8 Å². The number of hydrogen-bond donors (Lipinski definition) is 1. The number of carbonyl (C=O) groups excluding carboxylic acids is 2. The number of hydrogen-bond acceptors (Lipinski definition) is 5. The fourth-order valence-electron chi connectivity index (χ4n) is 2.90. The molecule has 0 bridgehead atoms. The van der Waals surface area contributed by atoms with E-state index in [1.54, 1.807) is 6.92 Å². The lowest BCUT2D eigenvalue weighted by molar-refractivity contribution is -0.130. The topological polar surface area (TPSA) is 92.1 Å². The van der Waals surface area contributed by atoms with E-state index in [0.29, 0.717) is 22.9 Å². The van der Waals surface area contributed by atoms with Crippen LogP contribution in [0.25, 0.3) is 10.9 Å². The van der Waals surface area contributed by atoms with Crippen molar-refractivity contribution in [3.05, 3.63) is 41.1 Å². The lowest BCUT2D eigenvalue weighted by Gasteiger charge is -2.28. The lowest BCUT2D eigenvalue weighted by atomic mass is 9.90. The molecule has 148 valence electrons. The van der Waals surface area contributed by atoms with Crippen molar-refractivity contribution < 1.29 is 14.3 Å². The number of benzene rings is 1. The quantitative estimate of drug-likeness (QED) is 0.770. The molecule has 0 radical (unpaired) electrons. The second-order valence-corrected chi connectivity index (χ2v) is 7.43. The van der Waals surface area contributed by atoms with E-state index in [9.17, 15) is 14.9 Å². The van der Waals surface area contributed by atoms with Gasteiger partial charge in [-0.15, -0.1) is 0 Å². The highest BCUT2D eigenvalue weighted by molar-refractivity contribution is 6.05. The van der Waals surface area contributed by atoms with Gasteiger partial charge in [0.2, 0.25) is 0 Å². The van der Waals surface area contributed by atoms with E-state index in [1.807, 2.05) is 52.0 Å². The maximum absolute atomic E-state index is 12.9. The highest BCUT2D eigenvalue weighted by atomic mass is 16.5. The maximum atomic E-state index is 12.9. The fraction of sp³-hybridized carbons (Fsp3) is 0.455. The Kier molecular flexibility index (Phi) is 6.40. The molecule has 1 N–H and O–H groups in total. The molecular weight excluding hydrogens is 354 g/mol. The van der Waals surface area contributed by atoms with Gasteiger partial charge in [0.15, 0.2) is 6.10 Å². The van der Waals surface area contributed by atoms with Crippen molar-refractivity contribution in [1.29, 1.82) is 5.26 Å².